The number of unbranched alkanes of at least 4 members (excludes halogenated alkanes) is 1. The minimum atomic E-state index is -0.0228. The number of para-hydroxylation sites is 1. The Labute approximate surface area is 224 Å². The molecule has 1 heterocycles. The predicted molar refractivity (Wildman–Crippen MR) is 151 cm³/mol. The summed E-state index contributed by atoms with van der Waals surface area (Å²) in [5.74, 6) is 1.42. The average Bonchev–Trinajstić information content (AvgIpc) is 3.14. The fourth-order valence-electron chi connectivity index (χ4n) is 3.69. The van der Waals surface area contributed by atoms with Crippen LogP contribution in [0.1, 0.15) is 55.3 Å². The molecule has 0 radical (unpaired) electrons. The molecule has 0 unspecified atom stereocenters. The molecule has 0 amide bonds. The Bertz CT molecular complexity index is 1050. The molecule has 0 bridgehead atoms. The molecule has 3 rings (SSSR count). The zero-order chi connectivity index (χ0) is 22.4. The van der Waals surface area contributed by atoms with E-state index in [1.54, 1.807) is 0 Å². The second-order valence-corrected chi connectivity index (χ2v) is 9.88. The second kappa shape index (κ2) is 13.2. The number of halogens is 3. The molecule has 174 valence electrons. The van der Waals surface area contributed by atoms with Gasteiger partial charge < -0.3 is 14.1 Å². The monoisotopic (exact) mass is 681 g/mol. The number of fused-ring (bicyclic) bond motifs is 1. The highest BCUT2D eigenvalue weighted by molar-refractivity contribution is 14.1. The molecule has 0 saturated heterocycles. The van der Waals surface area contributed by atoms with E-state index < -0.39 is 0 Å². The molecule has 2 aromatic carbocycles. The van der Waals surface area contributed by atoms with Crippen molar-refractivity contribution in [1.82, 2.24) is 4.90 Å². The lowest BCUT2D eigenvalue weighted by Crippen LogP contribution is -2.28. The van der Waals surface area contributed by atoms with E-state index in [1.165, 1.54) is 0 Å². The lowest BCUT2D eigenvalue weighted by atomic mass is 9.97. The van der Waals surface area contributed by atoms with E-state index in [0.29, 0.717) is 23.5 Å². The van der Waals surface area contributed by atoms with Gasteiger partial charge in [0.2, 0.25) is 5.78 Å². The second-order valence-electron chi connectivity index (χ2n) is 7.47. The Kier molecular flexibility index (Phi) is 11.3. The zero-order valence-electron chi connectivity index (χ0n) is 18.7. The van der Waals surface area contributed by atoms with E-state index in [-0.39, 0.29) is 18.2 Å². The Balaban J connectivity index is 0.00000363. The Hall–Kier alpha value is -0.840. The van der Waals surface area contributed by atoms with Crippen molar-refractivity contribution in [2.75, 3.05) is 26.2 Å². The standard InChI is InChI=1S/C25H29I2NO3.ClH/c1-4-7-11-22-23(18-10-8-9-12-21(18)31-22)24(29)19-15-17(26)16-20(27)25(19)30-14-13-28(5-2)6-3;/h8-10,12,15-16H,4-7,11,13-14H2,1-3H3;1H. The van der Waals surface area contributed by atoms with Crippen LogP contribution in [0.2, 0.25) is 0 Å². The number of likely N-dealkylation sites (N-methyl/N-ethyl adjacent to an activating group) is 1. The third kappa shape index (κ3) is 6.39. The van der Waals surface area contributed by atoms with Crippen LogP contribution in [0.4, 0.5) is 0 Å². The fourth-order valence-corrected chi connectivity index (χ4v) is 5.69. The van der Waals surface area contributed by atoms with Gasteiger partial charge in [-0.25, -0.2) is 0 Å². The maximum Gasteiger partial charge on any atom is 0.200 e. The van der Waals surface area contributed by atoms with Gasteiger partial charge in [0, 0.05) is 21.9 Å². The summed E-state index contributed by atoms with van der Waals surface area (Å²) in [6.45, 7) is 9.79. The maximum absolute atomic E-state index is 13.9. The van der Waals surface area contributed by atoms with E-state index in [1.807, 2.05) is 30.3 Å². The molecular formula is C25H30ClI2NO3. The van der Waals surface area contributed by atoms with Gasteiger partial charge in [-0.1, -0.05) is 45.4 Å². The first kappa shape index (κ1) is 27.4. The van der Waals surface area contributed by atoms with Crippen LogP contribution in [0.25, 0.3) is 11.0 Å². The van der Waals surface area contributed by atoms with Crippen molar-refractivity contribution in [2.24, 2.45) is 0 Å². The Morgan fingerprint density at radius 3 is 2.50 bits per heavy atom. The predicted octanol–water partition coefficient (Wildman–Crippen LogP) is 7.36. The van der Waals surface area contributed by atoms with Crippen molar-refractivity contribution in [3.05, 3.63) is 60.4 Å². The molecule has 32 heavy (non-hydrogen) atoms. The number of carbonyl (C=O) groups excluding carboxylic acids is 1. The van der Waals surface area contributed by atoms with Crippen LogP contribution in [0.3, 0.4) is 0 Å². The first-order valence-electron chi connectivity index (χ1n) is 10.9. The molecule has 0 aliphatic heterocycles. The van der Waals surface area contributed by atoms with Gasteiger partial charge in [0.15, 0.2) is 0 Å². The fraction of sp³-hybridized carbons (Fsp3) is 0.400. The van der Waals surface area contributed by atoms with Gasteiger partial charge in [-0.15, -0.1) is 12.4 Å². The first-order valence-corrected chi connectivity index (χ1v) is 13.0. The molecule has 4 nitrogen and oxygen atoms in total. The van der Waals surface area contributed by atoms with Crippen LogP contribution < -0.4 is 4.74 Å². The highest BCUT2D eigenvalue weighted by atomic mass is 127. The molecule has 0 aliphatic carbocycles. The van der Waals surface area contributed by atoms with Crippen molar-refractivity contribution in [3.8, 4) is 5.75 Å². The van der Waals surface area contributed by atoms with Gasteiger partial charge in [0.1, 0.15) is 23.7 Å². The van der Waals surface area contributed by atoms with E-state index in [4.69, 9.17) is 9.15 Å². The van der Waals surface area contributed by atoms with Crippen LogP contribution >= 0.6 is 57.6 Å². The maximum atomic E-state index is 13.9. The average molecular weight is 682 g/mol. The molecule has 3 aromatic rings. The summed E-state index contributed by atoms with van der Waals surface area (Å²) in [7, 11) is 0. The number of nitrogens with zero attached hydrogens (tertiary/aromatic N) is 1. The number of aryl methyl sites for hydroxylation is 1. The van der Waals surface area contributed by atoms with Gasteiger partial charge in [0.05, 0.1) is 14.7 Å². The number of benzene rings is 2. The van der Waals surface area contributed by atoms with E-state index in [9.17, 15) is 4.79 Å². The van der Waals surface area contributed by atoms with Crippen molar-refractivity contribution < 1.29 is 13.9 Å². The summed E-state index contributed by atoms with van der Waals surface area (Å²) in [6, 6.07) is 11.8. The summed E-state index contributed by atoms with van der Waals surface area (Å²) in [5.41, 5.74) is 2.05. The van der Waals surface area contributed by atoms with Crippen molar-refractivity contribution in [3.63, 3.8) is 0 Å². The number of hydrogen-bond acceptors (Lipinski definition) is 4. The number of carbonyl (C=O) groups is 1. The van der Waals surface area contributed by atoms with E-state index >= 15 is 0 Å². The third-order valence-electron chi connectivity index (χ3n) is 5.45. The number of furan rings is 1. The molecule has 1 aromatic heterocycles. The molecule has 0 N–H and O–H groups in total. The highest BCUT2D eigenvalue weighted by Crippen LogP contribution is 2.35. The quantitative estimate of drug-likeness (QED) is 0.157. The van der Waals surface area contributed by atoms with Crippen LogP contribution in [-0.2, 0) is 6.42 Å². The lowest BCUT2D eigenvalue weighted by molar-refractivity contribution is 0.103. The first-order chi connectivity index (χ1) is 15.0. The summed E-state index contributed by atoms with van der Waals surface area (Å²) >= 11 is 4.53. The van der Waals surface area contributed by atoms with Crippen LogP contribution in [0, 0.1) is 7.14 Å². The smallest absolute Gasteiger partial charge is 0.200 e. The van der Waals surface area contributed by atoms with Gasteiger partial charge in [-0.2, -0.15) is 0 Å². The van der Waals surface area contributed by atoms with Crippen molar-refractivity contribution >= 4 is 74.3 Å². The zero-order valence-corrected chi connectivity index (χ0v) is 23.9. The molecule has 0 saturated carbocycles. The molecule has 0 aliphatic rings. The van der Waals surface area contributed by atoms with E-state index in [0.717, 1.165) is 62.8 Å². The molecule has 0 atom stereocenters. The topological polar surface area (TPSA) is 42.7 Å². The van der Waals surface area contributed by atoms with Crippen LogP contribution in [-0.4, -0.2) is 36.9 Å². The minimum Gasteiger partial charge on any atom is -0.490 e. The lowest BCUT2D eigenvalue weighted by Gasteiger charge is -2.19. The van der Waals surface area contributed by atoms with Gasteiger partial charge in [-0.3, -0.25) is 4.79 Å². The van der Waals surface area contributed by atoms with Gasteiger partial charge in [0.25, 0.3) is 0 Å². The van der Waals surface area contributed by atoms with Crippen LogP contribution in [0.15, 0.2) is 40.8 Å². The number of ketones is 1. The largest absolute Gasteiger partial charge is 0.490 e. The minimum absolute atomic E-state index is 0. The SMILES string of the molecule is CCCCc1oc2ccccc2c1C(=O)c1cc(I)cc(I)c1OCCN(CC)CC.Cl. The van der Waals surface area contributed by atoms with Crippen molar-refractivity contribution in [1.29, 1.82) is 0 Å². The summed E-state index contributed by atoms with van der Waals surface area (Å²) < 4.78 is 14.3. The molecule has 7 heteroatoms. The highest BCUT2D eigenvalue weighted by Gasteiger charge is 2.25. The summed E-state index contributed by atoms with van der Waals surface area (Å²) in [6.07, 6.45) is 2.79. The summed E-state index contributed by atoms with van der Waals surface area (Å²) in [4.78, 5) is 16.2. The third-order valence-corrected chi connectivity index (χ3v) is 6.88. The Morgan fingerprint density at radius 2 is 1.81 bits per heavy atom. The van der Waals surface area contributed by atoms with Crippen molar-refractivity contribution in [2.45, 2.75) is 40.0 Å². The van der Waals surface area contributed by atoms with Gasteiger partial charge in [-0.05, 0) is 82.9 Å². The number of ether oxygens (including phenoxy) is 1. The summed E-state index contributed by atoms with van der Waals surface area (Å²) in [5, 5.41) is 0.876. The number of hydrogen-bond donors (Lipinski definition) is 0. The molecular weight excluding hydrogens is 652 g/mol. The molecule has 0 spiro atoms. The van der Waals surface area contributed by atoms with Crippen LogP contribution in [0.5, 0.6) is 5.75 Å². The molecule has 0 fully saturated rings. The van der Waals surface area contributed by atoms with E-state index in [2.05, 4.69) is 76.9 Å². The Morgan fingerprint density at radius 1 is 1.09 bits per heavy atom. The van der Waals surface area contributed by atoms with Gasteiger partial charge >= 0.3 is 0 Å². The number of rotatable bonds is 11. The normalized spacial score (nSPS) is 11.1.